The van der Waals surface area contributed by atoms with E-state index in [1.807, 2.05) is 48.5 Å². The third-order valence-electron chi connectivity index (χ3n) is 7.40. The normalized spacial score (nSPS) is 17.9. The van der Waals surface area contributed by atoms with Gasteiger partial charge in [0.1, 0.15) is 12.4 Å². The van der Waals surface area contributed by atoms with Gasteiger partial charge >= 0.3 is 0 Å². The molecular formula is C32H34N8O4. The van der Waals surface area contributed by atoms with E-state index >= 15 is 0 Å². The second kappa shape index (κ2) is 13.0. The molecule has 1 saturated heterocycles. The van der Waals surface area contributed by atoms with Gasteiger partial charge in [-0.1, -0.05) is 60.7 Å². The highest BCUT2D eigenvalue weighted by Gasteiger charge is 2.42. The second-order valence-corrected chi connectivity index (χ2v) is 10.4. The molecule has 1 aliphatic heterocycles. The summed E-state index contributed by atoms with van der Waals surface area (Å²) < 4.78 is 6.92. The van der Waals surface area contributed by atoms with Crippen molar-refractivity contribution in [1.29, 1.82) is 0 Å². The molecule has 5 aromatic rings. The minimum atomic E-state index is -1.18. The van der Waals surface area contributed by atoms with Crippen molar-refractivity contribution in [3.8, 4) is 0 Å². The Balaban J connectivity index is 1.32. The number of imidazole rings is 1. The zero-order valence-electron chi connectivity index (χ0n) is 24.1. The highest BCUT2D eigenvalue weighted by Crippen LogP contribution is 2.28. The number of carbonyl (C=O) groups excluding carboxylic acids is 1. The van der Waals surface area contributed by atoms with Crippen molar-refractivity contribution < 1.29 is 19.5 Å². The zero-order valence-corrected chi connectivity index (χ0v) is 24.1. The molecule has 1 aliphatic rings. The number of anilines is 4. The topological polar surface area (TPSA) is 161 Å². The van der Waals surface area contributed by atoms with Crippen LogP contribution in [0, 0.1) is 0 Å². The van der Waals surface area contributed by atoms with Gasteiger partial charge in [0.2, 0.25) is 11.6 Å². The van der Waals surface area contributed by atoms with Crippen molar-refractivity contribution in [3.63, 3.8) is 0 Å². The molecule has 44 heavy (non-hydrogen) atoms. The summed E-state index contributed by atoms with van der Waals surface area (Å²) in [5.74, 6) is 0.438. The summed E-state index contributed by atoms with van der Waals surface area (Å²) in [7, 11) is 0. The molecule has 3 heterocycles. The molecule has 2 aromatic heterocycles. The Morgan fingerprint density at radius 1 is 1.05 bits per heavy atom. The molecule has 226 valence electrons. The van der Waals surface area contributed by atoms with E-state index in [1.54, 1.807) is 19.1 Å². The van der Waals surface area contributed by atoms with Crippen LogP contribution in [0.3, 0.4) is 0 Å². The molecule has 6 N–H and O–H groups in total. The number of nitrogen functional groups attached to an aromatic ring is 1. The minimum absolute atomic E-state index is 0.0191. The Morgan fingerprint density at radius 2 is 1.73 bits per heavy atom. The SMILES string of the molecule is CCNC(=O)[C@H]1OC[C@H](On2cnc3c(NCC(c4ccccc4)c4ccccc4)nc(Nc4ccc(N)cc4)nc32)[C@@H]1O. The van der Waals surface area contributed by atoms with E-state index in [0.717, 1.165) is 16.8 Å². The number of aromatic nitrogens is 4. The number of hydrogen-bond donors (Lipinski definition) is 5. The lowest BCUT2D eigenvalue weighted by Crippen LogP contribution is -2.45. The first-order valence-electron chi connectivity index (χ1n) is 14.5. The van der Waals surface area contributed by atoms with Gasteiger partial charge in [0, 0.05) is 30.4 Å². The van der Waals surface area contributed by atoms with E-state index in [9.17, 15) is 9.90 Å². The van der Waals surface area contributed by atoms with E-state index < -0.39 is 24.2 Å². The van der Waals surface area contributed by atoms with Gasteiger partial charge in [-0.2, -0.15) is 14.7 Å². The first-order chi connectivity index (χ1) is 21.5. The Labute approximate surface area is 254 Å². The number of nitrogens with one attached hydrogen (secondary N) is 3. The van der Waals surface area contributed by atoms with Crippen LogP contribution in [-0.2, 0) is 9.53 Å². The highest BCUT2D eigenvalue weighted by atomic mass is 16.7. The van der Waals surface area contributed by atoms with Crippen LogP contribution < -0.4 is 26.5 Å². The number of carbonyl (C=O) groups is 1. The number of likely N-dealkylation sites (N-methyl/N-ethyl adjacent to an activating group) is 1. The third kappa shape index (κ3) is 6.26. The summed E-state index contributed by atoms with van der Waals surface area (Å²) in [5, 5.41) is 20.2. The van der Waals surface area contributed by atoms with E-state index in [1.165, 1.54) is 11.1 Å². The van der Waals surface area contributed by atoms with Crippen LogP contribution in [-0.4, -0.2) is 68.7 Å². The molecule has 0 spiro atoms. The number of benzene rings is 3. The van der Waals surface area contributed by atoms with Gasteiger partial charge in [-0.3, -0.25) is 4.79 Å². The smallest absolute Gasteiger partial charge is 0.251 e. The number of amides is 1. The van der Waals surface area contributed by atoms with Crippen LogP contribution in [0.1, 0.15) is 24.0 Å². The number of nitrogens with two attached hydrogens (primary N) is 1. The van der Waals surface area contributed by atoms with Crippen LogP contribution >= 0.6 is 0 Å². The maximum atomic E-state index is 12.3. The van der Waals surface area contributed by atoms with Crippen LogP contribution in [0.2, 0.25) is 0 Å². The predicted molar refractivity (Wildman–Crippen MR) is 167 cm³/mol. The molecule has 1 fully saturated rings. The number of aliphatic hydroxyl groups excluding tert-OH is 1. The minimum Gasteiger partial charge on any atom is -0.402 e. The van der Waals surface area contributed by atoms with Crippen LogP contribution in [0.4, 0.5) is 23.1 Å². The van der Waals surface area contributed by atoms with Crippen LogP contribution in [0.5, 0.6) is 0 Å². The molecule has 3 aromatic carbocycles. The largest absolute Gasteiger partial charge is 0.402 e. The van der Waals surface area contributed by atoms with E-state index in [-0.39, 0.29) is 12.5 Å². The lowest BCUT2D eigenvalue weighted by atomic mass is 9.91. The standard InChI is InChI=1S/C32H34N8O4/c1-2-34-31(42)28-27(41)25(18-43-28)44-40-19-36-26-29(38-32(39-30(26)40)37-23-15-13-22(33)14-16-23)35-17-24(20-9-5-3-6-10-20)21-11-7-4-8-12-21/h3-16,19,24-25,27-28,41H,2,17-18,33H2,1H3,(H,34,42)(H2,35,37,38,39)/t25-,27-,28-/m0/s1. The lowest BCUT2D eigenvalue weighted by Gasteiger charge is -2.20. The fourth-order valence-corrected chi connectivity index (χ4v) is 5.16. The van der Waals surface area contributed by atoms with Gasteiger partial charge in [0.15, 0.2) is 23.5 Å². The number of ether oxygens (including phenoxy) is 1. The van der Waals surface area contributed by atoms with Gasteiger partial charge in [0.25, 0.3) is 5.91 Å². The number of aliphatic hydroxyl groups is 1. The van der Waals surface area contributed by atoms with Crippen molar-refractivity contribution in [3.05, 3.63) is 102 Å². The van der Waals surface area contributed by atoms with E-state index in [4.69, 9.17) is 20.3 Å². The lowest BCUT2D eigenvalue weighted by molar-refractivity contribution is -0.134. The molecule has 12 heteroatoms. The number of hydrogen-bond acceptors (Lipinski definition) is 10. The first kappa shape index (κ1) is 28.9. The summed E-state index contributed by atoms with van der Waals surface area (Å²) in [6.07, 6.45) is -1.56. The Hall–Kier alpha value is -5.20. The molecule has 0 radical (unpaired) electrons. The fraction of sp³-hybridized carbons (Fsp3) is 0.250. The average molecular weight is 595 g/mol. The Morgan fingerprint density at radius 3 is 2.39 bits per heavy atom. The molecule has 3 atom stereocenters. The molecular weight excluding hydrogens is 560 g/mol. The second-order valence-electron chi connectivity index (χ2n) is 10.4. The van der Waals surface area contributed by atoms with Crippen LogP contribution in [0.15, 0.2) is 91.3 Å². The van der Waals surface area contributed by atoms with Crippen LogP contribution in [0.25, 0.3) is 11.2 Å². The maximum absolute atomic E-state index is 12.3. The molecule has 6 rings (SSSR count). The van der Waals surface area contributed by atoms with Gasteiger partial charge in [-0.25, -0.2) is 4.98 Å². The van der Waals surface area contributed by atoms with Gasteiger partial charge in [-0.05, 0) is 42.3 Å². The molecule has 0 aliphatic carbocycles. The van der Waals surface area contributed by atoms with Gasteiger partial charge in [-0.15, -0.1) is 0 Å². The number of nitrogens with zero attached hydrogens (tertiary/aromatic N) is 4. The molecule has 0 unspecified atom stereocenters. The zero-order chi connectivity index (χ0) is 30.5. The molecule has 1 amide bonds. The van der Waals surface area contributed by atoms with E-state index in [0.29, 0.717) is 41.7 Å². The number of rotatable bonds is 11. The van der Waals surface area contributed by atoms with Gasteiger partial charge in [0.05, 0.1) is 6.61 Å². The maximum Gasteiger partial charge on any atom is 0.251 e. The monoisotopic (exact) mass is 594 g/mol. The first-order valence-corrected chi connectivity index (χ1v) is 14.5. The fourth-order valence-electron chi connectivity index (χ4n) is 5.16. The van der Waals surface area contributed by atoms with Gasteiger partial charge < -0.3 is 36.4 Å². The Kier molecular flexibility index (Phi) is 8.52. The predicted octanol–water partition coefficient (Wildman–Crippen LogP) is 3.09. The van der Waals surface area contributed by atoms with E-state index in [2.05, 4.69) is 50.2 Å². The third-order valence-corrected chi connectivity index (χ3v) is 7.40. The number of fused-ring (bicyclic) bond motifs is 1. The van der Waals surface area contributed by atoms with Crippen molar-refractivity contribution in [1.82, 2.24) is 25.0 Å². The summed E-state index contributed by atoms with van der Waals surface area (Å²) in [6.45, 7) is 2.77. The summed E-state index contributed by atoms with van der Waals surface area (Å²) in [4.78, 5) is 32.4. The average Bonchev–Trinajstić information content (AvgIpc) is 3.62. The van der Waals surface area contributed by atoms with Crippen molar-refractivity contribution in [2.45, 2.75) is 31.2 Å². The quantitative estimate of drug-likeness (QED) is 0.144. The highest BCUT2D eigenvalue weighted by molar-refractivity contribution is 5.85. The van der Waals surface area contributed by atoms with Crippen molar-refractivity contribution >= 4 is 40.2 Å². The van der Waals surface area contributed by atoms with Crippen molar-refractivity contribution in [2.75, 3.05) is 36.1 Å². The summed E-state index contributed by atoms with van der Waals surface area (Å²) in [5.41, 5.74) is 10.4. The Bertz CT molecular complexity index is 1660. The molecule has 0 bridgehead atoms. The van der Waals surface area contributed by atoms with Crippen molar-refractivity contribution in [2.24, 2.45) is 0 Å². The summed E-state index contributed by atoms with van der Waals surface area (Å²) in [6, 6.07) is 27.8. The molecule has 0 saturated carbocycles. The molecule has 12 nitrogen and oxygen atoms in total. The summed E-state index contributed by atoms with van der Waals surface area (Å²) >= 11 is 0.